The van der Waals surface area contributed by atoms with E-state index in [9.17, 15) is 5.26 Å². The summed E-state index contributed by atoms with van der Waals surface area (Å²) in [6.45, 7) is 2.43. The van der Waals surface area contributed by atoms with Crippen LogP contribution in [0.4, 0.5) is 5.82 Å². The number of hydrogen-bond acceptors (Lipinski definition) is 7. The number of rotatable bonds is 6. The van der Waals surface area contributed by atoms with Gasteiger partial charge in [0.15, 0.2) is 5.82 Å². The third-order valence-corrected chi connectivity index (χ3v) is 5.52. The number of ether oxygens (including phenoxy) is 1. The van der Waals surface area contributed by atoms with E-state index in [0.717, 1.165) is 21.2 Å². The first-order valence-electron chi connectivity index (χ1n) is 9.58. The molecule has 0 aliphatic carbocycles. The number of anilines is 1. The van der Waals surface area contributed by atoms with Gasteiger partial charge in [-0.25, -0.2) is 4.98 Å². The summed E-state index contributed by atoms with van der Waals surface area (Å²) in [6, 6.07) is 21.0. The average molecular weight is 424 g/mol. The van der Waals surface area contributed by atoms with Crippen LogP contribution in [0, 0.1) is 22.7 Å². The number of para-hydroxylation sites is 1. The Morgan fingerprint density at radius 2 is 1.90 bits per heavy atom. The van der Waals surface area contributed by atoms with Crippen molar-refractivity contribution in [1.29, 1.82) is 10.5 Å². The summed E-state index contributed by atoms with van der Waals surface area (Å²) < 4.78 is 6.61. The van der Waals surface area contributed by atoms with Crippen LogP contribution in [-0.4, -0.2) is 17.8 Å². The minimum atomic E-state index is 0.513. The lowest BCUT2D eigenvalue weighted by Gasteiger charge is -2.13. The topological polar surface area (TPSA) is 94.1 Å². The lowest BCUT2D eigenvalue weighted by Crippen LogP contribution is -2.00. The predicted octanol–water partition coefficient (Wildman–Crippen LogP) is 5.55. The van der Waals surface area contributed by atoms with E-state index < -0.39 is 0 Å². The van der Waals surface area contributed by atoms with Crippen LogP contribution in [0.3, 0.4) is 0 Å². The van der Waals surface area contributed by atoms with Gasteiger partial charge >= 0.3 is 0 Å². The minimum absolute atomic E-state index is 0.513. The van der Waals surface area contributed by atoms with Crippen LogP contribution in [0.15, 0.2) is 65.1 Å². The maximum Gasteiger partial charge on any atom is 0.155 e. The van der Waals surface area contributed by atoms with Gasteiger partial charge in [-0.05, 0) is 48.2 Å². The van der Waals surface area contributed by atoms with Crippen LogP contribution in [0.1, 0.15) is 23.6 Å². The molecule has 0 saturated heterocycles. The summed E-state index contributed by atoms with van der Waals surface area (Å²) in [6.07, 6.45) is 1.66. The average Bonchev–Trinajstić information content (AvgIpc) is 3.30. The fourth-order valence-electron chi connectivity index (χ4n) is 3.16. The number of nitrogens with zero attached hydrogens (tertiary/aromatic N) is 4. The molecule has 0 aliphatic rings. The van der Waals surface area contributed by atoms with Gasteiger partial charge in [0, 0.05) is 10.9 Å². The van der Waals surface area contributed by atoms with Gasteiger partial charge in [0.1, 0.15) is 11.8 Å². The number of benzene rings is 2. The molecule has 2 aromatic carbocycles. The van der Waals surface area contributed by atoms with E-state index in [1.54, 1.807) is 18.3 Å². The molecular weight excluding hydrogens is 406 g/mol. The number of nitrogens with one attached hydrogen (secondary N) is 1. The maximum atomic E-state index is 9.88. The third-order valence-electron chi connectivity index (χ3n) is 4.59. The van der Waals surface area contributed by atoms with Crippen molar-refractivity contribution < 1.29 is 4.74 Å². The van der Waals surface area contributed by atoms with Gasteiger partial charge in [-0.2, -0.15) is 15.6 Å². The summed E-state index contributed by atoms with van der Waals surface area (Å²) in [5.41, 5.74) is 6.28. The molecule has 150 valence electrons. The van der Waals surface area contributed by atoms with Gasteiger partial charge in [-0.1, -0.05) is 24.3 Å². The molecule has 0 unspecified atom stereocenters. The highest BCUT2D eigenvalue weighted by atomic mass is 32.1. The van der Waals surface area contributed by atoms with Crippen LogP contribution < -0.4 is 10.2 Å². The zero-order chi connectivity index (χ0) is 21.6. The lowest BCUT2D eigenvalue weighted by molar-refractivity contribution is 0.341. The Bertz CT molecular complexity index is 1340. The molecule has 7 heteroatoms. The van der Waals surface area contributed by atoms with Crippen LogP contribution >= 0.6 is 11.3 Å². The van der Waals surface area contributed by atoms with Gasteiger partial charge in [-0.3, -0.25) is 5.43 Å². The van der Waals surface area contributed by atoms with Crippen molar-refractivity contribution in [2.24, 2.45) is 5.10 Å². The number of pyridine rings is 1. The van der Waals surface area contributed by atoms with Gasteiger partial charge in [0.2, 0.25) is 0 Å². The van der Waals surface area contributed by atoms with Gasteiger partial charge in [-0.15, -0.1) is 11.3 Å². The fraction of sp³-hybridized carbons (Fsp3) is 0.0833. The number of thiophene rings is 1. The second-order valence-electron chi connectivity index (χ2n) is 6.49. The number of aromatic nitrogens is 1. The van der Waals surface area contributed by atoms with Crippen molar-refractivity contribution >= 4 is 33.5 Å². The number of fused-ring (bicyclic) bond motifs is 1. The predicted molar refractivity (Wildman–Crippen MR) is 123 cm³/mol. The smallest absolute Gasteiger partial charge is 0.155 e. The molecule has 4 aromatic rings. The second-order valence-corrected chi connectivity index (χ2v) is 7.41. The highest BCUT2D eigenvalue weighted by molar-refractivity contribution is 7.17. The van der Waals surface area contributed by atoms with Gasteiger partial charge in [0.25, 0.3) is 0 Å². The van der Waals surface area contributed by atoms with Crippen LogP contribution in [0.2, 0.25) is 0 Å². The first-order valence-corrected chi connectivity index (χ1v) is 10.5. The molecule has 0 bridgehead atoms. The van der Waals surface area contributed by atoms with Crippen molar-refractivity contribution in [3.05, 3.63) is 76.7 Å². The Morgan fingerprint density at radius 1 is 1.10 bits per heavy atom. The highest BCUT2D eigenvalue weighted by Crippen LogP contribution is 2.38. The quantitative estimate of drug-likeness (QED) is 0.324. The summed E-state index contributed by atoms with van der Waals surface area (Å²) in [5.74, 6) is 1.23. The molecule has 4 rings (SSSR count). The standard InChI is InChI=1S/C24H17N5OS/c1-2-30-21-6-4-3-5-18(21)22-20(14-26)23-19(11-12-31-23)24(28-22)29-27-15-17-9-7-16(13-25)8-10-17/h3-12,15H,2H2,1H3,(H,28,29). The Morgan fingerprint density at radius 3 is 2.65 bits per heavy atom. The summed E-state index contributed by atoms with van der Waals surface area (Å²) in [7, 11) is 0. The number of nitriles is 2. The Labute approximate surface area is 183 Å². The molecule has 0 fully saturated rings. The molecule has 0 atom stereocenters. The minimum Gasteiger partial charge on any atom is -0.493 e. The summed E-state index contributed by atoms with van der Waals surface area (Å²) in [4.78, 5) is 4.75. The molecule has 0 radical (unpaired) electrons. The second kappa shape index (κ2) is 9.08. The van der Waals surface area contributed by atoms with Crippen molar-refractivity contribution in [1.82, 2.24) is 4.98 Å². The molecule has 2 heterocycles. The monoisotopic (exact) mass is 423 g/mol. The van der Waals surface area contributed by atoms with Gasteiger partial charge < -0.3 is 4.74 Å². The Balaban J connectivity index is 1.76. The van der Waals surface area contributed by atoms with Crippen LogP contribution in [0.25, 0.3) is 21.3 Å². The molecule has 6 nitrogen and oxygen atoms in total. The first kappa shape index (κ1) is 20.1. The van der Waals surface area contributed by atoms with E-state index >= 15 is 0 Å². The van der Waals surface area contributed by atoms with E-state index in [0.29, 0.717) is 35.0 Å². The largest absolute Gasteiger partial charge is 0.493 e. The molecule has 0 aliphatic heterocycles. The molecule has 0 spiro atoms. The molecular formula is C24H17N5OS. The van der Waals surface area contributed by atoms with Crippen LogP contribution in [0.5, 0.6) is 5.75 Å². The van der Waals surface area contributed by atoms with E-state index in [1.165, 1.54) is 11.3 Å². The summed E-state index contributed by atoms with van der Waals surface area (Å²) in [5, 5.41) is 25.9. The van der Waals surface area contributed by atoms with Gasteiger partial charge in [0.05, 0.1) is 40.4 Å². The van der Waals surface area contributed by atoms with E-state index in [-0.39, 0.29) is 0 Å². The molecule has 2 aromatic heterocycles. The highest BCUT2D eigenvalue weighted by Gasteiger charge is 2.19. The maximum absolute atomic E-state index is 9.88. The SMILES string of the molecule is CCOc1ccccc1-c1nc(NN=Cc2ccc(C#N)cc2)c2ccsc2c1C#N. The fourth-order valence-corrected chi connectivity index (χ4v) is 4.06. The van der Waals surface area contributed by atoms with Crippen LogP contribution in [-0.2, 0) is 0 Å². The first-order chi connectivity index (χ1) is 15.2. The molecule has 0 amide bonds. The van der Waals surface area contributed by atoms with Crippen molar-refractivity contribution in [3.8, 4) is 29.1 Å². The third kappa shape index (κ3) is 4.09. The Kier molecular flexibility index (Phi) is 5.89. The van der Waals surface area contributed by atoms with Crippen molar-refractivity contribution in [3.63, 3.8) is 0 Å². The molecule has 1 N–H and O–H groups in total. The molecule has 0 saturated carbocycles. The molecule has 31 heavy (non-hydrogen) atoms. The Hall–Kier alpha value is -4.20. The zero-order valence-electron chi connectivity index (χ0n) is 16.7. The number of hydrazone groups is 1. The number of hydrogen-bond donors (Lipinski definition) is 1. The zero-order valence-corrected chi connectivity index (χ0v) is 17.5. The summed E-state index contributed by atoms with van der Waals surface area (Å²) >= 11 is 1.49. The van der Waals surface area contributed by atoms with E-state index in [1.807, 2.05) is 54.8 Å². The lowest BCUT2D eigenvalue weighted by atomic mass is 10.0. The van der Waals surface area contributed by atoms with Crippen molar-refractivity contribution in [2.75, 3.05) is 12.0 Å². The van der Waals surface area contributed by atoms with E-state index in [2.05, 4.69) is 22.7 Å². The normalized spacial score (nSPS) is 10.7. The van der Waals surface area contributed by atoms with Crippen molar-refractivity contribution in [2.45, 2.75) is 6.92 Å². The van der Waals surface area contributed by atoms with E-state index in [4.69, 9.17) is 15.0 Å².